The second-order valence-corrected chi connectivity index (χ2v) is 5.90. The fourth-order valence-corrected chi connectivity index (χ4v) is 2.86. The first-order valence-electron chi connectivity index (χ1n) is 7.91. The third-order valence-electron chi connectivity index (χ3n) is 3.76. The van der Waals surface area contributed by atoms with Crippen molar-refractivity contribution in [1.82, 2.24) is 5.32 Å². The number of amides is 3. The van der Waals surface area contributed by atoms with Gasteiger partial charge in [-0.25, -0.2) is 9.69 Å². The second kappa shape index (κ2) is 7.85. The van der Waals surface area contributed by atoms with Crippen LogP contribution in [0.15, 0.2) is 48.2 Å². The van der Waals surface area contributed by atoms with Gasteiger partial charge in [-0.1, -0.05) is 35.7 Å². The molecule has 1 aliphatic heterocycles. The summed E-state index contributed by atoms with van der Waals surface area (Å²) in [5, 5.41) is 2.83. The lowest BCUT2D eigenvalue weighted by Gasteiger charge is -2.12. The molecule has 1 aliphatic rings. The van der Waals surface area contributed by atoms with Crippen LogP contribution in [0.5, 0.6) is 11.5 Å². The third-order valence-corrected chi connectivity index (χ3v) is 4.04. The number of carbonyl (C=O) groups is 2. The summed E-state index contributed by atoms with van der Waals surface area (Å²) in [4.78, 5) is 25.9. The van der Waals surface area contributed by atoms with Gasteiger partial charge >= 0.3 is 6.03 Å². The zero-order valence-electron chi connectivity index (χ0n) is 14.4. The molecule has 136 valence electrons. The number of anilines is 1. The topological polar surface area (TPSA) is 67.9 Å². The lowest BCUT2D eigenvalue weighted by molar-refractivity contribution is -0.113. The smallest absolute Gasteiger partial charge is 0.333 e. The van der Waals surface area contributed by atoms with Crippen molar-refractivity contribution in [3.63, 3.8) is 0 Å². The predicted octanol–water partition coefficient (Wildman–Crippen LogP) is 3.46. The number of carbonyl (C=O) groups excluding carboxylic acids is 2. The first-order valence-corrected chi connectivity index (χ1v) is 8.29. The average molecular weight is 383 g/mol. The molecular formula is C20H15ClN2O4. The summed E-state index contributed by atoms with van der Waals surface area (Å²) in [6.07, 6.45) is 6.71. The first-order chi connectivity index (χ1) is 13.0. The highest BCUT2D eigenvalue weighted by Gasteiger charge is 2.34. The predicted molar refractivity (Wildman–Crippen MR) is 103 cm³/mol. The highest BCUT2D eigenvalue weighted by molar-refractivity contribution is 6.32. The Morgan fingerprint density at radius 1 is 1.26 bits per heavy atom. The van der Waals surface area contributed by atoms with Crippen LogP contribution in [0.25, 0.3) is 6.08 Å². The minimum absolute atomic E-state index is 0.0388. The van der Waals surface area contributed by atoms with Crippen molar-refractivity contribution >= 4 is 35.3 Å². The fraction of sp³-hybridized carbons (Fsp3) is 0.100. The molecule has 0 unspecified atom stereocenters. The third kappa shape index (κ3) is 3.73. The molecule has 7 heteroatoms. The Labute approximate surface area is 161 Å². The van der Waals surface area contributed by atoms with Crippen LogP contribution in [-0.2, 0) is 4.79 Å². The summed E-state index contributed by atoms with van der Waals surface area (Å²) in [6, 6.07) is 11.4. The van der Waals surface area contributed by atoms with Crippen LogP contribution < -0.4 is 19.7 Å². The molecule has 6 nitrogen and oxygen atoms in total. The van der Waals surface area contributed by atoms with Crippen LogP contribution in [0.1, 0.15) is 5.56 Å². The Morgan fingerprint density at radius 2 is 2.00 bits per heavy atom. The van der Waals surface area contributed by atoms with E-state index in [2.05, 4.69) is 11.2 Å². The van der Waals surface area contributed by atoms with Gasteiger partial charge in [-0.3, -0.25) is 4.79 Å². The Morgan fingerprint density at radius 3 is 2.67 bits per heavy atom. The molecule has 3 rings (SSSR count). The van der Waals surface area contributed by atoms with Crippen molar-refractivity contribution in [3.05, 3.63) is 58.7 Å². The molecule has 1 heterocycles. The van der Waals surface area contributed by atoms with Crippen LogP contribution in [0, 0.1) is 12.3 Å². The molecule has 2 aromatic carbocycles. The lowest BCUT2D eigenvalue weighted by atomic mass is 10.1. The quantitative estimate of drug-likeness (QED) is 0.488. The van der Waals surface area contributed by atoms with Crippen LogP contribution in [0.4, 0.5) is 10.5 Å². The Bertz CT molecular complexity index is 964. The standard InChI is InChI=1S/C20H15ClN2O4/c1-3-9-27-18-15(21)10-13(12-17(18)26-2)11-16-19(24)23(20(25)22-16)14-7-5-4-6-8-14/h1,4-8,10-12H,9H2,2H3,(H,22,25)/b16-11+. The number of rotatable bonds is 5. The largest absolute Gasteiger partial charge is 0.493 e. The van der Waals surface area contributed by atoms with E-state index in [9.17, 15) is 9.59 Å². The number of terminal acetylenes is 1. The number of ether oxygens (including phenoxy) is 2. The molecule has 0 atom stereocenters. The normalized spacial score (nSPS) is 14.9. The molecule has 1 fully saturated rings. The monoisotopic (exact) mass is 382 g/mol. The van der Waals surface area contributed by atoms with Crippen molar-refractivity contribution in [2.24, 2.45) is 0 Å². The number of para-hydroxylation sites is 1. The summed E-state index contributed by atoms with van der Waals surface area (Å²) in [6.45, 7) is 0.0388. The second-order valence-electron chi connectivity index (χ2n) is 5.49. The molecule has 2 aromatic rings. The zero-order chi connectivity index (χ0) is 19.4. The molecule has 0 spiro atoms. The van der Waals surface area contributed by atoms with E-state index in [0.717, 1.165) is 4.90 Å². The highest BCUT2D eigenvalue weighted by Crippen LogP contribution is 2.37. The number of benzene rings is 2. The van der Waals surface area contributed by atoms with E-state index < -0.39 is 11.9 Å². The van der Waals surface area contributed by atoms with Gasteiger partial charge in [-0.05, 0) is 35.9 Å². The number of halogens is 1. The SMILES string of the molecule is C#CCOc1c(Cl)cc(/C=C2/NC(=O)N(c3ccccc3)C2=O)cc1OC. The number of hydrogen-bond acceptors (Lipinski definition) is 4. The summed E-state index contributed by atoms with van der Waals surface area (Å²) in [5.74, 6) is 2.56. The molecule has 0 aliphatic carbocycles. The van der Waals surface area contributed by atoms with Gasteiger partial charge in [0.15, 0.2) is 11.5 Å². The van der Waals surface area contributed by atoms with E-state index in [-0.39, 0.29) is 17.3 Å². The van der Waals surface area contributed by atoms with Crippen molar-refractivity contribution in [2.75, 3.05) is 18.6 Å². The molecule has 3 amide bonds. The van der Waals surface area contributed by atoms with Gasteiger partial charge in [-0.15, -0.1) is 6.42 Å². The van der Waals surface area contributed by atoms with Crippen molar-refractivity contribution < 1.29 is 19.1 Å². The van der Waals surface area contributed by atoms with Gasteiger partial charge in [-0.2, -0.15) is 0 Å². The fourth-order valence-electron chi connectivity index (χ4n) is 2.59. The molecular weight excluding hydrogens is 368 g/mol. The van der Waals surface area contributed by atoms with E-state index >= 15 is 0 Å². The maximum Gasteiger partial charge on any atom is 0.333 e. The van der Waals surface area contributed by atoms with E-state index in [1.807, 2.05) is 0 Å². The summed E-state index contributed by atoms with van der Waals surface area (Å²) < 4.78 is 10.7. The zero-order valence-corrected chi connectivity index (χ0v) is 15.1. The number of methoxy groups -OCH3 is 1. The van der Waals surface area contributed by atoms with Gasteiger partial charge in [0.1, 0.15) is 12.3 Å². The minimum Gasteiger partial charge on any atom is -0.493 e. The van der Waals surface area contributed by atoms with Crippen LogP contribution >= 0.6 is 11.6 Å². The minimum atomic E-state index is -0.524. The number of nitrogens with one attached hydrogen (secondary N) is 1. The Kier molecular flexibility index (Phi) is 5.34. The molecule has 0 aromatic heterocycles. The van der Waals surface area contributed by atoms with Gasteiger partial charge < -0.3 is 14.8 Å². The van der Waals surface area contributed by atoms with Crippen LogP contribution in [0.2, 0.25) is 5.02 Å². The van der Waals surface area contributed by atoms with Crippen molar-refractivity contribution in [3.8, 4) is 23.8 Å². The molecule has 0 saturated carbocycles. The molecule has 1 N–H and O–H groups in total. The number of imide groups is 1. The molecule has 1 saturated heterocycles. The van der Waals surface area contributed by atoms with E-state index in [0.29, 0.717) is 22.7 Å². The van der Waals surface area contributed by atoms with Crippen LogP contribution in [0.3, 0.4) is 0 Å². The first kappa shape index (κ1) is 18.4. The van der Waals surface area contributed by atoms with Gasteiger partial charge in [0, 0.05) is 0 Å². The lowest BCUT2D eigenvalue weighted by Crippen LogP contribution is -2.30. The van der Waals surface area contributed by atoms with Crippen molar-refractivity contribution in [1.29, 1.82) is 0 Å². The molecule has 0 bridgehead atoms. The van der Waals surface area contributed by atoms with Gasteiger partial charge in [0.05, 0.1) is 17.8 Å². The molecule has 0 radical (unpaired) electrons. The van der Waals surface area contributed by atoms with Crippen molar-refractivity contribution in [2.45, 2.75) is 0 Å². The van der Waals surface area contributed by atoms with E-state index in [4.69, 9.17) is 27.5 Å². The van der Waals surface area contributed by atoms with Crippen LogP contribution in [-0.4, -0.2) is 25.7 Å². The summed E-state index contributed by atoms with van der Waals surface area (Å²) in [5.41, 5.74) is 1.17. The highest BCUT2D eigenvalue weighted by atomic mass is 35.5. The molecule has 27 heavy (non-hydrogen) atoms. The maximum absolute atomic E-state index is 12.6. The average Bonchev–Trinajstić information content (AvgIpc) is 2.94. The van der Waals surface area contributed by atoms with Gasteiger partial charge in [0.25, 0.3) is 5.91 Å². The number of hydrogen-bond donors (Lipinski definition) is 1. The maximum atomic E-state index is 12.6. The summed E-state index contributed by atoms with van der Waals surface area (Å²) >= 11 is 6.24. The number of nitrogens with zero attached hydrogens (tertiary/aromatic N) is 1. The van der Waals surface area contributed by atoms with E-state index in [1.54, 1.807) is 42.5 Å². The van der Waals surface area contributed by atoms with Gasteiger partial charge in [0.2, 0.25) is 0 Å². The number of urea groups is 1. The van der Waals surface area contributed by atoms with E-state index in [1.165, 1.54) is 13.2 Å². The Hall–Kier alpha value is -3.43. The Balaban J connectivity index is 1.93. The summed E-state index contributed by atoms with van der Waals surface area (Å²) in [7, 11) is 1.46.